The van der Waals surface area contributed by atoms with Gasteiger partial charge in [0.1, 0.15) is 18.2 Å². The van der Waals surface area contributed by atoms with E-state index in [4.69, 9.17) is 4.74 Å². The lowest BCUT2D eigenvalue weighted by atomic mass is 10.0. The number of para-hydroxylation sites is 1. The number of aliphatic hydroxyl groups excluding tert-OH is 1. The molecule has 0 amide bonds. The van der Waals surface area contributed by atoms with Crippen molar-refractivity contribution in [2.75, 3.05) is 7.11 Å². The van der Waals surface area contributed by atoms with Crippen molar-refractivity contribution in [1.29, 1.82) is 0 Å². The fourth-order valence-electron chi connectivity index (χ4n) is 2.70. The SMILES string of the molecule is CCn1c(CO)nc2ccc(-c3ccccc3OC)cc21. The Kier molecular flexibility index (Phi) is 3.62. The van der Waals surface area contributed by atoms with Crippen molar-refractivity contribution in [2.45, 2.75) is 20.1 Å². The van der Waals surface area contributed by atoms with Crippen LogP contribution in [0.3, 0.4) is 0 Å². The summed E-state index contributed by atoms with van der Waals surface area (Å²) >= 11 is 0. The molecular weight excluding hydrogens is 264 g/mol. The van der Waals surface area contributed by atoms with Gasteiger partial charge in [0.2, 0.25) is 0 Å². The summed E-state index contributed by atoms with van der Waals surface area (Å²) in [5.74, 6) is 1.55. The van der Waals surface area contributed by atoms with Gasteiger partial charge in [-0.25, -0.2) is 4.98 Å². The topological polar surface area (TPSA) is 47.3 Å². The van der Waals surface area contributed by atoms with Crippen LogP contribution in [0.5, 0.6) is 5.75 Å². The Morgan fingerprint density at radius 3 is 2.71 bits per heavy atom. The van der Waals surface area contributed by atoms with Crippen LogP contribution in [0, 0.1) is 0 Å². The Morgan fingerprint density at radius 1 is 1.19 bits per heavy atom. The second-order valence-corrected chi connectivity index (χ2v) is 4.83. The Balaban J connectivity index is 2.21. The zero-order valence-electron chi connectivity index (χ0n) is 12.2. The monoisotopic (exact) mass is 282 g/mol. The van der Waals surface area contributed by atoms with E-state index < -0.39 is 0 Å². The van der Waals surface area contributed by atoms with Gasteiger partial charge in [-0.15, -0.1) is 0 Å². The van der Waals surface area contributed by atoms with Crippen LogP contribution >= 0.6 is 0 Å². The van der Waals surface area contributed by atoms with E-state index in [9.17, 15) is 5.11 Å². The molecule has 0 unspecified atom stereocenters. The molecule has 0 atom stereocenters. The second-order valence-electron chi connectivity index (χ2n) is 4.83. The smallest absolute Gasteiger partial charge is 0.135 e. The highest BCUT2D eigenvalue weighted by Gasteiger charge is 2.11. The maximum absolute atomic E-state index is 9.42. The van der Waals surface area contributed by atoms with Crippen molar-refractivity contribution in [3.05, 3.63) is 48.3 Å². The number of hydrogen-bond acceptors (Lipinski definition) is 3. The van der Waals surface area contributed by atoms with Crippen molar-refractivity contribution in [2.24, 2.45) is 0 Å². The lowest BCUT2D eigenvalue weighted by molar-refractivity contribution is 0.266. The van der Waals surface area contributed by atoms with Crippen molar-refractivity contribution >= 4 is 11.0 Å². The van der Waals surface area contributed by atoms with E-state index >= 15 is 0 Å². The fourth-order valence-corrected chi connectivity index (χ4v) is 2.70. The lowest BCUT2D eigenvalue weighted by Crippen LogP contribution is -2.01. The van der Waals surface area contributed by atoms with E-state index in [-0.39, 0.29) is 6.61 Å². The summed E-state index contributed by atoms with van der Waals surface area (Å²) < 4.78 is 7.47. The van der Waals surface area contributed by atoms with Crippen LogP contribution in [0.25, 0.3) is 22.2 Å². The number of aliphatic hydroxyl groups is 1. The van der Waals surface area contributed by atoms with Crippen LogP contribution in [0.4, 0.5) is 0 Å². The number of benzene rings is 2. The minimum atomic E-state index is -0.0491. The van der Waals surface area contributed by atoms with E-state index in [1.165, 1.54) is 0 Å². The molecule has 0 saturated heterocycles. The molecule has 0 saturated carbocycles. The molecule has 0 aliphatic heterocycles. The van der Waals surface area contributed by atoms with Crippen LogP contribution in [0.1, 0.15) is 12.7 Å². The summed E-state index contributed by atoms with van der Waals surface area (Å²) in [6, 6.07) is 14.1. The quantitative estimate of drug-likeness (QED) is 0.799. The number of ether oxygens (including phenoxy) is 1. The molecule has 3 aromatic rings. The third kappa shape index (κ3) is 2.28. The van der Waals surface area contributed by atoms with Gasteiger partial charge in [0.05, 0.1) is 18.1 Å². The molecule has 2 aromatic carbocycles. The number of fused-ring (bicyclic) bond motifs is 1. The fraction of sp³-hybridized carbons (Fsp3) is 0.235. The van der Waals surface area contributed by atoms with Crippen LogP contribution in [-0.4, -0.2) is 21.8 Å². The number of aryl methyl sites for hydroxylation is 1. The molecule has 4 heteroatoms. The Morgan fingerprint density at radius 2 is 2.00 bits per heavy atom. The normalized spacial score (nSPS) is 11.0. The summed E-state index contributed by atoms with van der Waals surface area (Å²) in [4.78, 5) is 4.46. The molecular formula is C17H18N2O2. The summed E-state index contributed by atoms with van der Waals surface area (Å²) in [5.41, 5.74) is 4.07. The van der Waals surface area contributed by atoms with Gasteiger partial charge in [-0.05, 0) is 30.7 Å². The molecule has 108 valence electrons. The second kappa shape index (κ2) is 5.58. The van der Waals surface area contributed by atoms with E-state index in [1.54, 1.807) is 7.11 Å². The van der Waals surface area contributed by atoms with Gasteiger partial charge in [-0.1, -0.05) is 24.3 Å². The van der Waals surface area contributed by atoms with Crippen LogP contribution in [0.2, 0.25) is 0 Å². The third-order valence-corrected chi connectivity index (χ3v) is 3.70. The molecule has 1 aromatic heterocycles. The highest BCUT2D eigenvalue weighted by Crippen LogP contribution is 2.31. The maximum atomic E-state index is 9.42. The summed E-state index contributed by atoms with van der Waals surface area (Å²) in [6.45, 7) is 2.78. The standard InChI is InChI=1S/C17H18N2O2/c1-3-19-15-10-12(8-9-14(15)18-17(19)11-20)13-6-4-5-7-16(13)21-2/h4-10,20H,3,11H2,1-2H3. The predicted molar refractivity (Wildman–Crippen MR) is 83.3 cm³/mol. The summed E-state index contributed by atoms with van der Waals surface area (Å²) in [5, 5.41) is 9.42. The first kappa shape index (κ1) is 13.6. The average Bonchev–Trinajstić information content (AvgIpc) is 2.91. The summed E-state index contributed by atoms with van der Waals surface area (Å²) in [6.07, 6.45) is 0. The predicted octanol–water partition coefficient (Wildman–Crippen LogP) is 3.22. The molecule has 4 nitrogen and oxygen atoms in total. The minimum absolute atomic E-state index is 0.0491. The minimum Gasteiger partial charge on any atom is -0.496 e. The van der Waals surface area contributed by atoms with Gasteiger partial charge in [0, 0.05) is 12.1 Å². The first-order valence-corrected chi connectivity index (χ1v) is 7.02. The van der Waals surface area contributed by atoms with Gasteiger partial charge in [-0.3, -0.25) is 0 Å². The van der Waals surface area contributed by atoms with E-state index in [0.717, 1.165) is 34.5 Å². The molecule has 3 rings (SSSR count). The Hall–Kier alpha value is -2.33. The lowest BCUT2D eigenvalue weighted by Gasteiger charge is -2.09. The van der Waals surface area contributed by atoms with Crippen LogP contribution in [0.15, 0.2) is 42.5 Å². The van der Waals surface area contributed by atoms with Crippen molar-refractivity contribution in [3.63, 3.8) is 0 Å². The van der Waals surface area contributed by atoms with Gasteiger partial charge in [-0.2, -0.15) is 0 Å². The summed E-state index contributed by atoms with van der Waals surface area (Å²) in [7, 11) is 1.68. The molecule has 0 bridgehead atoms. The molecule has 0 aliphatic carbocycles. The van der Waals surface area contributed by atoms with Crippen LogP contribution in [-0.2, 0) is 13.2 Å². The zero-order chi connectivity index (χ0) is 14.8. The molecule has 0 spiro atoms. The van der Waals surface area contributed by atoms with Crippen LogP contribution < -0.4 is 4.74 Å². The third-order valence-electron chi connectivity index (χ3n) is 3.70. The molecule has 1 N–H and O–H groups in total. The Labute approximate surface area is 123 Å². The van der Waals surface area contributed by atoms with Crippen molar-refractivity contribution < 1.29 is 9.84 Å². The van der Waals surface area contributed by atoms with E-state index in [2.05, 4.69) is 18.0 Å². The maximum Gasteiger partial charge on any atom is 0.135 e. The van der Waals surface area contributed by atoms with E-state index in [1.807, 2.05) is 41.0 Å². The van der Waals surface area contributed by atoms with Gasteiger partial charge in [0.25, 0.3) is 0 Å². The average molecular weight is 282 g/mol. The van der Waals surface area contributed by atoms with Gasteiger partial charge < -0.3 is 14.4 Å². The highest BCUT2D eigenvalue weighted by molar-refractivity contribution is 5.84. The largest absolute Gasteiger partial charge is 0.496 e. The first-order chi connectivity index (χ1) is 10.3. The van der Waals surface area contributed by atoms with E-state index in [0.29, 0.717) is 5.82 Å². The van der Waals surface area contributed by atoms with Crippen molar-refractivity contribution in [1.82, 2.24) is 9.55 Å². The first-order valence-electron chi connectivity index (χ1n) is 7.02. The number of nitrogens with zero attached hydrogens (tertiary/aromatic N) is 2. The zero-order valence-corrected chi connectivity index (χ0v) is 12.2. The number of aromatic nitrogens is 2. The molecule has 1 heterocycles. The Bertz CT molecular complexity index is 778. The number of imidazole rings is 1. The van der Waals surface area contributed by atoms with Gasteiger partial charge >= 0.3 is 0 Å². The number of hydrogen-bond donors (Lipinski definition) is 1. The van der Waals surface area contributed by atoms with Gasteiger partial charge in [0.15, 0.2) is 0 Å². The molecule has 21 heavy (non-hydrogen) atoms. The van der Waals surface area contributed by atoms with Crippen molar-refractivity contribution in [3.8, 4) is 16.9 Å². The number of rotatable bonds is 4. The number of methoxy groups -OCH3 is 1. The molecule has 0 aliphatic rings. The molecule has 0 radical (unpaired) electrons. The highest BCUT2D eigenvalue weighted by atomic mass is 16.5. The molecule has 0 fully saturated rings.